The van der Waals surface area contributed by atoms with E-state index in [4.69, 9.17) is 14.2 Å². The standard InChI is InChI=1S/C9H12O3.C4H4N2O2/c1-10-7-5-4-6-8(11-2)9(7)12-3;1-2-3(7)6-4(8)5-2/h4-6H,1-3H3;1H2,(H2,5,6,7,8). The van der Waals surface area contributed by atoms with Crippen LogP contribution in [0.1, 0.15) is 0 Å². The van der Waals surface area contributed by atoms with Gasteiger partial charge < -0.3 is 19.5 Å². The number of carbonyl (C=O) groups excluding carboxylic acids is 2. The fourth-order valence-corrected chi connectivity index (χ4v) is 1.42. The van der Waals surface area contributed by atoms with Crippen LogP contribution in [-0.4, -0.2) is 33.3 Å². The zero-order valence-electron chi connectivity index (χ0n) is 11.5. The fourth-order valence-electron chi connectivity index (χ4n) is 1.42. The van der Waals surface area contributed by atoms with Crippen LogP contribution in [0.5, 0.6) is 17.2 Å². The second-order valence-electron chi connectivity index (χ2n) is 3.58. The number of nitrogens with one attached hydrogen (secondary N) is 2. The number of amides is 3. The topological polar surface area (TPSA) is 85.9 Å². The van der Waals surface area contributed by atoms with E-state index in [-0.39, 0.29) is 5.70 Å². The summed E-state index contributed by atoms with van der Waals surface area (Å²) in [6.45, 7) is 3.24. The van der Waals surface area contributed by atoms with Crippen LogP contribution in [0.4, 0.5) is 4.79 Å². The molecule has 0 unspecified atom stereocenters. The summed E-state index contributed by atoms with van der Waals surface area (Å²) in [6.07, 6.45) is 0. The lowest BCUT2D eigenvalue weighted by molar-refractivity contribution is -0.115. The maximum atomic E-state index is 10.3. The molecule has 1 heterocycles. The number of ether oxygens (including phenoxy) is 3. The molecule has 1 aromatic carbocycles. The van der Waals surface area contributed by atoms with Gasteiger partial charge in [-0.1, -0.05) is 12.6 Å². The normalized spacial score (nSPS) is 12.8. The van der Waals surface area contributed by atoms with E-state index in [9.17, 15) is 9.59 Å². The van der Waals surface area contributed by atoms with Crippen molar-refractivity contribution < 1.29 is 23.8 Å². The maximum Gasteiger partial charge on any atom is 0.326 e. The lowest BCUT2D eigenvalue weighted by atomic mass is 10.3. The van der Waals surface area contributed by atoms with Gasteiger partial charge in [0.1, 0.15) is 5.70 Å². The molecule has 2 rings (SSSR count). The highest BCUT2D eigenvalue weighted by atomic mass is 16.5. The van der Waals surface area contributed by atoms with Gasteiger partial charge in [-0.2, -0.15) is 0 Å². The molecule has 2 N–H and O–H groups in total. The largest absolute Gasteiger partial charge is 0.493 e. The van der Waals surface area contributed by atoms with E-state index in [1.807, 2.05) is 23.5 Å². The van der Waals surface area contributed by atoms with E-state index >= 15 is 0 Å². The molecule has 1 aliphatic heterocycles. The van der Waals surface area contributed by atoms with Crippen LogP contribution in [0.25, 0.3) is 0 Å². The Balaban J connectivity index is 0.000000217. The van der Waals surface area contributed by atoms with Gasteiger partial charge in [-0.05, 0) is 12.1 Å². The summed E-state index contributed by atoms with van der Waals surface area (Å²) in [5.74, 6) is 1.53. The Morgan fingerprint density at radius 1 is 0.950 bits per heavy atom. The predicted molar refractivity (Wildman–Crippen MR) is 71.9 cm³/mol. The van der Waals surface area contributed by atoms with Crippen molar-refractivity contribution in [1.29, 1.82) is 0 Å². The Morgan fingerprint density at radius 3 is 1.75 bits per heavy atom. The minimum Gasteiger partial charge on any atom is -0.493 e. The van der Waals surface area contributed by atoms with E-state index in [0.717, 1.165) is 0 Å². The van der Waals surface area contributed by atoms with Crippen LogP contribution < -0.4 is 24.8 Å². The molecule has 0 saturated carbocycles. The summed E-state index contributed by atoms with van der Waals surface area (Å²) in [5, 5.41) is 4.15. The molecule has 0 bridgehead atoms. The van der Waals surface area contributed by atoms with Crippen LogP contribution in [0, 0.1) is 0 Å². The Bertz CT molecular complexity index is 487. The molecule has 0 aliphatic carbocycles. The molecule has 7 nitrogen and oxygen atoms in total. The van der Waals surface area contributed by atoms with Gasteiger partial charge in [0.15, 0.2) is 11.5 Å². The molecule has 3 amide bonds. The lowest BCUT2D eigenvalue weighted by Gasteiger charge is -2.10. The molecule has 20 heavy (non-hydrogen) atoms. The molecule has 1 saturated heterocycles. The van der Waals surface area contributed by atoms with Gasteiger partial charge >= 0.3 is 6.03 Å². The first-order valence-electron chi connectivity index (χ1n) is 5.59. The van der Waals surface area contributed by atoms with Crippen molar-refractivity contribution in [2.75, 3.05) is 21.3 Å². The van der Waals surface area contributed by atoms with Crippen LogP contribution in [0.2, 0.25) is 0 Å². The summed E-state index contributed by atoms with van der Waals surface area (Å²) >= 11 is 0. The number of urea groups is 1. The van der Waals surface area contributed by atoms with E-state index in [2.05, 4.69) is 11.9 Å². The molecule has 0 atom stereocenters. The number of imide groups is 1. The van der Waals surface area contributed by atoms with Crippen molar-refractivity contribution in [1.82, 2.24) is 10.6 Å². The molecule has 1 aliphatic rings. The van der Waals surface area contributed by atoms with Crippen molar-refractivity contribution in [3.8, 4) is 17.2 Å². The molecule has 0 aromatic heterocycles. The summed E-state index contributed by atoms with van der Waals surface area (Å²) < 4.78 is 15.3. The Labute approximate surface area is 116 Å². The molecule has 7 heteroatoms. The number of rotatable bonds is 3. The van der Waals surface area contributed by atoms with E-state index in [1.165, 1.54) is 0 Å². The fraction of sp³-hybridized carbons (Fsp3) is 0.231. The monoisotopic (exact) mass is 280 g/mol. The van der Waals surface area contributed by atoms with Crippen molar-refractivity contribution in [3.05, 3.63) is 30.5 Å². The number of hydrogen-bond acceptors (Lipinski definition) is 5. The third-order valence-corrected chi connectivity index (χ3v) is 2.35. The SMILES string of the molecule is C=C1NC(=O)NC1=O.COc1cccc(OC)c1OC. The number of benzene rings is 1. The van der Waals surface area contributed by atoms with Gasteiger partial charge in [-0.15, -0.1) is 0 Å². The maximum absolute atomic E-state index is 10.3. The second kappa shape index (κ2) is 7.03. The highest BCUT2D eigenvalue weighted by molar-refractivity contribution is 6.11. The van der Waals surface area contributed by atoms with Crippen LogP contribution >= 0.6 is 0 Å². The average Bonchev–Trinajstić information content (AvgIpc) is 2.74. The van der Waals surface area contributed by atoms with Crippen molar-refractivity contribution >= 4 is 11.9 Å². The van der Waals surface area contributed by atoms with Crippen molar-refractivity contribution in [2.45, 2.75) is 0 Å². The molecule has 0 spiro atoms. The third kappa shape index (κ3) is 3.64. The smallest absolute Gasteiger partial charge is 0.326 e. The summed E-state index contributed by atoms with van der Waals surface area (Å²) in [6, 6.07) is 4.99. The highest BCUT2D eigenvalue weighted by Gasteiger charge is 2.19. The Kier molecular flexibility index (Phi) is 5.40. The number of methoxy groups -OCH3 is 3. The first kappa shape index (κ1) is 15.4. The van der Waals surface area contributed by atoms with Crippen LogP contribution in [0.15, 0.2) is 30.5 Å². The minimum atomic E-state index is -0.500. The molecule has 0 radical (unpaired) electrons. The molecule has 1 fully saturated rings. The van der Waals surface area contributed by atoms with E-state index in [1.54, 1.807) is 21.3 Å². The molecule has 1 aromatic rings. The van der Waals surface area contributed by atoms with Gasteiger partial charge in [-0.25, -0.2) is 4.79 Å². The van der Waals surface area contributed by atoms with Crippen LogP contribution in [-0.2, 0) is 4.79 Å². The average molecular weight is 280 g/mol. The lowest BCUT2D eigenvalue weighted by Crippen LogP contribution is -2.22. The Morgan fingerprint density at radius 2 is 1.50 bits per heavy atom. The van der Waals surface area contributed by atoms with Crippen molar-refractivity contribution in [3.63, 3.8) is 0 Å². The van der Waals surface area contributed by atoms with Gasteiger partial charge in [-0.3, -0.25) is 10.1 Å². The zero-order valence-corrected chi connectivity index (χ0v) is 11.5. The number of hydrogen-bond donors (Lipinski definition) is 2. The summed E-state index contributed by atoms with van der Waals surface area (Å²) in [7, 11) is 4.77. The van der Waals surface area contributed by atoms with E-state index in [0.29, 0.717) is 17.2 Å². The van der Waals surface area contributed by atoms with E-state index < -0.39 is 11.9 Å². The summed E-state index contributed by atoms with van der Waals surface area (Å²) in [4.78, 5) is 20.5. The van der Waals surface area contributed by atoms with Gasteiger partial charge in [0.2, 0.25) is 5.75 Å². The predicted octanol–water partition coefficient (Wildman–Crippen LogP) is 1.05. The molecular formula is C13H16N2O5. The highest BCUT2D eigenvalue weighted by Crippen LogP contribution is 2.35. The van der Waals surface area contributed by atoms with Crippen LogP contribution in [0.3, 0.4) is 0 Å². The number of carbonyl (C=O) groups is 2. The third-order valence-electron chi connectivity index (χ3n) is 2.35. The molecular weight excluding hydrogens is 264 g/mol. The van der Waals surface area contributed by atoms with Gasteiger partial charge in [0, 0.05) is 0 Å². The van der Waals surface area contributed by atoms with Crippen molar-refractivity contribution in [2.24, 2.45) is 0 Å². The first-order valence-corrected chi connectivity index (χ1v) is 5.59. The van der Waals surface area contributed by atoms with Gasteiger partial charge in [0.25, 0.3) is 5.91 Å². The quantitative estimate of drug-likeness (QED) is 0.638. The molecule has 108 valence electrons. The van der Waals surface area contributed by atoms with Gasteiger partial charge in [0.05, 0.1) is 21.3 Å². The Hall–Kier alpha value is -2.70. The summed E-state index contributed by atoms with van der Waals surface area (Å²) in [5.41, 5.74) is 0.106. The first-order chi connectivity index (χ1) is 9.53. The zero-order chi connectivity index (χ0) is 15.1. The minimum absolute atomic E-state index is 0.106. The second-order valence-corrected chi connectivity index (χ2v) is 3.58. The number of para-hydroxylation sites is 1.